The molecule has 1 heterocycles. The van der Waals surface area contributed by atoms with E-state index in [1.807, 2.05) is 12.1 Å². The predicted molar refractivity (Wildman–Crippen MR) is 113 cm³/mol. The summed E-state index contributed by atoms with van der Waals surface area (Å²) in [6.07, 6.45) is -3.01. The molecule has 0 saturated carbocycles. The van der Waals surface area contributed by atoms with Gasteiger partial charge in [-0.05, 0) is 56.7 Å². The van der Waals surface area contributed by atoms with Crippen molar-refractivity contribution in [2.75, 3.05) is 6.61 Å². The molecular weight excluding hydrogens is 423 g/mol. The molecule has 3 rings (SSSR count). The van der Waals surface area contributed by atoms with Gasteiger partial charge in [0.05, 0.1) is 12.2 Å². The lowest BCUT2D eigenvalue weighted by molar-refractivity contribution is -0.138. The molecule has 32 heavy (non-hydrogen) atoms. The van der Waals surface area contributed by atoms with Gasteiger partial charge in [-0.3, -0.25) is 0 Å². The number of aromatic nitrogens is 1. The predicted octanol–water partition coefficient (Wildman–Crippen LogP) is 6.21. The van der Waals surface area contributed by atoms with Crippen LogP contribution < -0.4 is 4.74 Å². The van der Waals surface area contributed by atoms with E-state index in [0.29, 0.717) is 28.3 Å². The van der Waals surface area contributed by atoms with Crippen LogP contribution in [0.2, 0.25) is 0 Å². The number of hydrogen-bond acceptors (Lipinski definition) is 5. The van der Waals surface area contributed by atoms with Crippen molar-refractivity contribution in [1.82, 2.24) is 4.98 Å². The summed E-state index contributed by atoms with van der Waals surface area (Å²) >= 11 is 0. The number of halogens is 3. The molecule has 0 spiro atoms. The second-order valence-electron chi connectivity index (χ2n) is 6.96. The minimum Gasteiger partial charge on any atom is -0.487 e. The molecule has 0 N–H and O–H groups in total. The molecule has 0 saturated heterocycles. The highest BCUT2D eigenvalue weighted by atomic mass is 19.4. The Hall–Kier alpha value is -3.55. The summed E-state index contributed by atoms with van der Waals surface area (Å²) in [7, 11) is 0. The minimum absolute atomic E-state index is 0.0830. The topological polar surface area (TPSA) is 61.6 Å². The van der Waals surface area contributed by atoms with Crippen LogP contribution >= 0.6 is 0 Å². The van der Waals surface area contributed by atoms with E-state index in [1.54, 1.807) is 32.9 Å². The van der Waals surface area contributed by atoms with Crippen molar-refractivity contribution in [3.8, 4) is 17.2 Å². The van der Waals surface area contributed by atoms with Crippen LogP contribution in [-0.4, -0.2) is 17.6 Å². The lowest BCUT2D eigenvalue weighted by Gasteiger charge is -2.11. The summed E-state index contributed by atoms with van der Waals surface area (Å²) in [6, 6.07) is 11.8. The zero-order valence-electron chi connectivity index (χ0n) is 17.8. The number of rotatable bonds is 7. The fourth-order valence-corrected chi connectivity index (χ4v) is 2.99. The van der Waals surface area contributed by atoms with E-state index in [2.05, 4.69) is 4.98 Å². The average Bonchev–Trinajstić information content (AvgIpc) is 3.12. The molecular formula is C24H22F3NO4. The van der Waals surface area contributed by atoms with Crippen LogP contribution in [0.1, 0.15) is 36.4 Å². The van der Waals surface area contributed by atoms with E-state index in [1.165, 1.54) is 18.2 Å². The maximum atomic E-state index is 12.8. The molecule has 2 aromatic carbocycles. The molecule has 0 aliphatic rings. The quantitative estimate of drug-likeness (QED) is 0.319. The number of benzene rings is 2. The third kappa shape index (κ3) is 5.57. The Bertz CT molecular complexity index is 1120. The number of alkyl halides is 3. The van der Waals surface area contributed by atoms with Crippen molar-refractivity contribution >= 4 is 11.5 Å². The molecule has 0 aliphatic carbocycles. The van der Waals surface area contributed by atoms with Gasteiger partial charge >= 0.3 is 12.1 Å². The summed E-state index contributed by atoms with van der Waals surface area (Å²) in [4.78, 5) is 16.1. The Morgan fingerprint density at radius 2 is 1.81 bits per heavy atom. The second-order valence-corrected chi connectivity index (χ2v) is 6.96. The molecule has 168 valence electrons. The lowest BCUT2D eigenvalue weighted by atomic mass is 10.1. The number of ether oxygens (including phenoxy) is 2. The van der Waals surface area contributed by atoms with Gasteiger partial charge in [-0.15, -0.1) is 0 Å². The van der Waals surface area contributed by atoms with Crippen LogP contribution in [-0.2, 0) is 22.3 Å². The molecule has 0 fully saturated rings. The molecule has 1 aromatic heterocycles. The Balaban J connectivity index is 1.77. The Kier molecular flexibility index (Phi) is 7.02. The van der Waals surface area contributed by atoms with Gasteiger partial charge in [0, 0.05) is 17.2 Å². The zero-order valence-corrected chi connectivity index (χ0v) is 17.8. The van der Waals surface area contributed by atoms with Gasteiger partial charge in [0.15, 0.2) is 0 Å². The molecule has 0 atom stereocenters. The highest BCUT2D eigenvalue weighted by Crippen LogP contribution is 2.32. The van der Waals surface area contributed by atoms with Crippen LogP contribution in [0.3, 0.4) is 0 Å². The summed E-state index contributed by atoms with van der Waals surface area (Å²) in [5.74, 6) is 0.815. The monoisotopic (exact) mass is 445 g/mol. The van der Waals surface area contributed by atoms with Crippen molar-refractivity contribution in [3.63, 3.8) is 0 Å². The molecule has 0 unspecified atom stereocenters. The van der Waals surface area contributed by atoms with Crippen molar-refractivity contribution in [2.24, 2.45) is 0 Å². The number of oxazole rings is 1. The van der Waals surface area contributed by atoms with Crippen molar-refractivity contribution in [1.29, 1.82) is 0 Å². The third-order valence-electron chi connectivity index (χ3n) is 4.65. The number of carbonyl (C=O) groups excluding carboxylic acids is 1. The maximum Gasteiger partial charge on any atom is 0.416 e. The van der Waals surface area contributed by atoms with Gasteiger partial charge in [0.1, 0.15) is 23.8 Å². The third-order valence-corrected chi connectivity index (χ3v) is 4.65. The summed E-state index contributed by atoms with van der Waals surface area (Å²) < 4.78 is 54.8. The van der Waals surface area contributed by atoms with Gasteiger partial charge in [0.2, 0.25) is 5.89 Å². The standard InChI is InChI=1S/C24H22F3NO4/c1-4-30-22(29)13-15(2)19-7-5-6-8-21(19)31-14-20-16(3)32-23(28-20)17-9-11-18(12-10-17)24(25,26)27/h5-13H,4,14H2,1-3H3/b15-13+. The lowest BCUT2D eigenvalue weighted by Crippen LogP contribution is -2.04. The Morgan fingerprint density at radius 3 is 2.47 bits per heavy atom. The van der Waals surface area contributed by atoms with E-state index in [9.17, 15) is 18.0 Å². The van der Waals surface area contributed by atoms with Crippen LogP contribution in [0.15, 0.2) is 59.0 Å². The molecule has 0 radical (unpaired) electrons. The maximum absolute atomic E-state index is 12.8. The highest BCUT2D eigenvalue weighted by Gasteiger charge is 2.30. The first kappa shape index (κ1) is 23.1. The number of esters is 1. The van der Waals surface area contributed by atoms with E-state index >= 15 is 0 Å². The van der Waals surface area contributed by atoms with Gasteiger partial charge in [-0.2, -0.15) is 13.2 Å². The minimum atomic E-state index is -4.41. The first-order chi connectivity index (χ1) is 15.2. The van der Waals surface area contributed by atoms with Gasteiger partial charge in [-0.1, -0.05) is 18.2 Å². The number of aryl methyl sites for hydroxylation is 1. The largest absolute Gasteiger partial charge is 0.487 e. The Morgan fingerprint density at radius 1 is 1.12 bits per heavy atom. The van der Waals surface area contributed by atoms with Crippen LogP contribution in [0, 0.1) is 6.92 Å². The summed E-state index contributed by atoms with van der Waals surface area (Å²) in [5.41, 5.74) is 1.62. The average molecular weight is 445 g/mol. The highest BCUT2D eigenvalue weighted by molar-refractivity contribution is 5.91. The van der Waals surface area contributed by atoms with E-state index in [-0.39, 0.29) is 19.1 Å². The number of allylic oxidation sites excluding steroid dienone is 1. The molecule has 8 heteroatoms. The van der Waals surface area contributed by atoms with Gasteiger partial charge in [-0.25, -0.2) is 9.78 Å². The van der Waals surface area contributed by atoms with Gasteiger partial charge < -0.3 is 13.9 Å². The smallest absolute Gasteiger partial charge is 0.416 e. The normalized spacial score (nSPS) is 12.0. The number of nitrogens with zero attached hydrogens (tertiary/aromatic N) is 1. The Labute approximate surface area is 183 Å². The van der Waals surface area contributed by atoms with Crippen LogP contribution in [0.5, 0.6) is 5.75 Å². The molecule has 0 amide bonds. The molecule has 3 aromatic rings. The fraction of sp³-hybridized carbons (Fsp3) is 0.250. The van der Waals surface area contributed by atoms with E-state index in [4.69, 9.17) is 13.9 Å². The first-order valence-corrected chi connectivity index (χ1v) is 9.90. The molecule has 0 bridgehead atoms. The van der Waals surface area contributed by atoms with Crippen molar-refractivity contribution in [3.05, 3.63) is 77.2 Å². The number of carbonyl (C=O) groups is 1. The van der Waals surface area contributed by atoms with Gasteiger partial charge in [0.25, 0.3) is 0 Å². The molecule has 0 aliphatic heterocycles. The summed E-state index contributed by atoms with van der Waals surface area (Å²) in [6.45, 7) is 5.59. The first-order valence-electron chi connectivity index (χ1n) is 9.90. The van der Waals surface area contributed by atoms with Crippen LogP contribution in [0.25, 0.3) is 17.0 Å². The second kappa shape index (κ2) is 9.72. The van der Waals surface area contributed by atoms with Crippen LogP contribution in [0.4, 0.5) is 13.2 Å². The molecule has 5 nitrogen and oxygen atoms in total. The van der Waals surface area contributed by atoms with Crippen molar-refractivity contribution in [2.45, 2.75) is 33.6 Å². The fourth-order valence-electron chi connectivity index (χ4n) is 2.99. The summed E-state index contributed by atoms with van der Waals surface area (Å²) in [5, 5.41) is 0. The van der Waals surface area contributed by atoms with Crippen molar-refractivity contribution < 1.29 is 31.9 Å². The van der Waals surface area contributed by atoms with E-state index < -0.39 is 17.7 Å². The van der Waals surface area contributed by atoms with E-state index in [0.717, 1.165) is 17.7 Å². The zero-order chi connectivity index (χ0) is 23.3. The SMILES string of the molecule is CCOC(=O)/C=C(\C)c1ccccc1OCc1nc(-c2ccc(C(F)(F)F)cc2)oc1C. The number of para-hydroxylation sites is 1. The number of hydrogen-bond donors (Lipinski definition) is 0.